The van der Waals surface area contributed by atoms with E-state index in [0.29, 0.717) is 0 Å². The Labute approximate surface area is 123 Å². The number of anilines is 1. The fraction of sp³-hybridized carbons (Fsp3) is 0.375. The van der Waals surface area contributed by atoms with Crippen LogP contribution in [0.4, 0.5) is 5.69 Å². The summed E-state index contributed by atoms with van der Waals surface area (Å²) < 4.78 is 0. The van der Waals surface area contributed by atoms with Crippen molar-refractivity contribution < 1.29 is 15.0 Å². The van der Waals surface area contributed by atoms with E-state index < -0.39 is 11.6 Å². The van der Waals surface area contributed by atoms with Crippen LogP contribution in [0.3, 0.4) is 0 Å². The van der Waals surface area contributed by atoms with Crippen LogP contribution in [0, 0.1) is 0 Å². The van der Waals surface area contributed by atoms with Crippen molar-refractivity contribution in [3.05, 3.63) is 36.0 Å². The number of aliphatic hydroxyl groups is 1. The van der Waals surface area contributed by atoms with Crippen LogP contribution in [0.5, 0.6) is 0 Å². The number of pyridine rings is 1. The van der Waals surface area contributed by atoms with Gasteiger partial charge in [0.25, 0.3) is 0 Å². The number of carboxylic acids is 1. The van der Waals surface area contributed by atoms with E-state index >= 15 is 0 Å². The quantitative estimate of drug-likeness (QED) is 0.760. The molecule has 0 amide bonds. The molecule has 2 rings (SSSR count). The van der Waals surface area contributed by atoms with Crippen molar-refractivity contribution in [3.8, 4) is 0 Å². The molecule has 112 valence electrons. The summed E-state index contributed by atoms with van der Waals surface area (Å²) in [4.78, 5) is 15.2. The molecular weight excluding hydrogens is 268 g/mol. The largest absolute Gasteiger partial charge is 0.479 e. The minimum Gasteiger partial charge on any atom is -0.479 e. The predicted molar refractivity (Wildman–Crippen MR) is 82.5 cm³/mol. The Hall–Kier alpha value is -2.14. The van der Waals surface area contributed by atoms with E-state index in [0.717, 1.165) is 29.4 Å². The zero-order valence-electron chi connectivity index (χ0n) is 12.3. The fourth-order valence-corrected chi connectivity index (χ4v) is 2.13. The molecule has 0 bridgehead atoms. The molecule has 0 aliphatic heterocycles. The molecular formula is C16H20N2O3. The Kier molecular flexibility index (Phi) is 4.43. The third kappa shape index (κ3) is 3.49. The van der Waals surface area contributed by atoms with Gasteiger partial charge in [-0.25, -0.2) is 4.79 Å². The number of carbonyl (C=O) groups is 1. The van der Waals surface area contributed by atoms with Crippen molar-refractivity contribution in [3.63, 3.8) is 0 Å². The summed E-state index contributed by atoms with van der Waals surface area (Å²) in [5, 5.41) is 22.7. The number of hydrogen-bond donors (Lipinski definition) is 3. The number of fused-ring (bicyclic) bond motifs is 1. The standard InChI is InChI=1S/C16H20N2O3/c1-3-4-11-5-6-13-12(9-11)14(7-8-17-13)18-10-16(2,21)15(19)20/h5-9,21H,3-4,10H2,1-2H3,(H,17,18)(H,19,20). The Morgan fingerprint density at radius 1 is 1.38 bits per heavy atom. The maximum absolute atomic E-state index is 10.9. The number of carboxylic acid groups (broad SMARTS) is 1. The molecule has 2 aromatic rings. The molecule has 0 fully saturated rings. The molecule has 0 saturated heterocycles. The van der Waals surface area contributed by atoms with Gasteiger partial charge in [0.15, 0.2) is 5.60 Å². The van der Waals surface area contributed by atoms with Gasteiger partial charge in [0.1, 0.15) is 0 Å². The Morgan fingerprint density at radius 2 is 2.14 bits per heavy atom. The van der Waals surface area contributed by atoms with E-state index in [2.05, 4.69) is 29.4 Å². The van der Waals surface area contributed by atoms with Gasteiger partial charge in [0, 0.05) is 17.3 Å². The lowest BCUT2D eigenvalue weighted by Gasteiger charge is -2.20. The first-order valence-electron chi connectivity index (χ1n) is 7.01. The monoisotopic (exact) mass is 288 g/mol. The first kappa shape index (κ1) is 15.3. The molecule has 0 radical (unpaired) electrons. The van der Waals surface area contributed by atoms with Crippen LogP contribution in [-0.2, 0) is 11.2 Å². The normalized spacial score (nSPS) is 13.9. The Morgan fingerprint density at radius 3 is 2.81 bits per heavy atom. The molecule has 1 atom stereocenters. The van der Waals surface area contributed by atoms with Crippen molar-refractivity contribution in [1.82, 2.24) is 4.98 Å². The summed E-state index contributed by atoms with van der Waals surface area (Å²) in [6.07, 6.45) is 3.71. The Balaban J connectivity index is 2.30. The van der Waals surface area contributed by atoms with Crippen molar-refractivity contribution in [2.24, 2.45) is 0 Å². The molecule has 0 aliphatic rings. The SMILES string of the molecule is CCCc1ccc2nccc(NCC(C)(O)C(=O)O)c2c1. The zero-order chi connectivity index (χ0) is 15.5. The summed E-state index contributed by atoms with van der Waals surface area (Å²) >= 11 is 0. The maximum atomic E-state index is 10.9. The molecule has 1 aromatic carbocycles. The predicted octanol–water partition coefficient (Wildman–Crippen LogP) is 2.43. The third-order valence-electron chi connectivity index (χ3n) is 3.43. The van der Waals surface area contributed by atoms with E-state index in [1.165, 1.54) is 12.5 Å². The molecule has 1 aromatic heterocycles. The molecule has 5 heteroatoms. The summed E-state index contributed by atoms with van der Waals surface area (Å²) in [5.41, 5.74) is 1.02. The first-order chi connectivity index (χ1) is 9.94. The summed E-state index contributed by atoms with van der Waals surface area (Å²) in [6.45, 7) is 3.32. The first-order valence-corrected chi connectivity index (χ1v) is 7.01. The number of nitrogens with one attached hydrogen (secondary N) is 1. The van der Waals surface area contributed by atoms with Crippen LogP contribution in [0.15, 0.2) is 30.5 Å². The summed E-state index contributed by atoms with van der Waals surface area (Å²) in [7, 11) is 0. The number of aryl methyl sites for hydroxylation is 1. The second kappa shape index (κ2) is 6.10. The van der Waals surface area contributed by atoms with Gasteiger partial charge in [-0.3, -0.25) is 4.98 Å². The third-order valence-corrected chi connectivity index (χ3v) is 3.43. The number of benzene rings is 1. The van der Waals surface area contributed by atoms with Gasteiger partial charge in [-0.15, -0.1) is 0 Å². The fourth-order valence-electron chi connectivity index (χ4n) is 2.13. The number of aromatic nitrogens is 1. The molecule has 1 heterocycles. The van der Waals surface area contributed by atoms with E-state index in [1.807, 2.05) is 6.07 Å². The minimum atomic E-state index is -1.81. The lowest BCUT2D eigenvalue weighted by molar-refractivity contribution is -0.155. The highest BCUT2D eigenvalue weighted by atomic mass is 16.4. The van der Waals surface area contributed by atoms with Gasteiger partial charge in [0.05, 0.1) is 12.1 Å². The average Bonchev–Trinajstić information content (AvgIpc) is 2.45. The van der Waals surface area contributed by atoms with Crippen LogP contribution in [0.25, 0.3) is 10.9 Å². The van der Waals surface area contributed by atoms with Crippen LogP contribution < -0.4 is 5.32 Å². The highest BCUT2D eigenvalue weighted by Crippen LogP contribution is 2.24. The van der Waals surface area contributed by atoms with E-state index in [4.69, 9.17) is 5.11 Å². The topological polar surface area (TPSA) is 82.5 Å². The van der Waals surface area contributed by atoms with Gasteiger partial charge in [0.2, 0.25) is 0 Å². The van der Waals surface area contributed by atoms with E-state index in [9.17, 15) is 9.90 Å². The Bertz CT molecular complexity index is 653. The van der Waals surface area contributed by atoms with E-state index in [1.54, 1.807) is 12.3 Å². The lowest BCUT2D eigenvalue weighted by Crippen LogP contribution is -2.41. The molecule has 0 spiro atoms. The van der Waals surface area contributed by atoms with Crippen molar-refractivity contribution in [2.75, 3.05) is 11.9 Å². The van der Waals surface area contributed by atoms with Crippen LogP contribution in [-0.4, -0.2) is 33.3 Å². The van der Waals surface area contributed by atoms with Gasteiger partial charge in [-0.1, -0.05) is 19.4 Å². The molecule has 3 N–H and O–H groups in total. The maximum Gasteiger partial charge on any atom is 0.337 e. The highest BCUT2D eigenvalue weighted by Gasteiger charge is 2.29. The number of rotatable bonds is 6. The smallest absolute Gasteiger partial charge is 0.337 e. The molecule has 0 saturated carbocycles. The van der Waals surface area contributed by atoms with E-state index in [-0.39, 0.29) is 6.54 Å². The lowest BCUT2D eigenvalue weighted by atomic mass is 10.0. The van der Waals surface area contributed by atoms with Crippen LogP contribution in [0.2, 0.25) is 0 Å². The minimum absolute atomic E-state index is 0.0700. The number of aliphatic carboxylic acids is 1. The van der Waals surface area contributed by atoms with Crippen molar-refractivity contribution >= 4 is 22.6 Å². The second-order valence-corrected chi connectivity index (χ2v) is 5.39. The van der Waals surface area contributed by atoms with Gasteiger partial charge in [-0.05, 0) is 37.1 Å². The van der Waals surface area contributed by atoms with Crippen molar-refractivity contribution in [1.29, 1.82) is 0 Å². The van der Waals surface area contributed by atoms with Gasteiger partial charge in [-0.2, -0.15) is 0 Å². The number of hydrogen-bond acceptors (Lipinski definition) is 4. The second-order valence-electron chi connectivity index (χ2n) is 5.39. The highest BCUT2D eigenvalue weighted by molar-refractivity contribution is 5.91. The van der Waals surface area contributed by atoms with Crippen LogP contribution in [0.1, 0.15) is 25.8 Å². The summed E-state index contributed by atoms with van der Waals surface area (Å²) in [6, 6.07) is 7.86. The zero-order valence-corrected chi connectivity index (χ0v) is 12.3. The molecule has 0 aliphatic carbocycles. The molecule has 21 heavy (non-hydrogen) atoms. The van der Waals surface area contributed by atoms with Crippen LogP contribution >= 0.6 is 0 Å². The van der Waals surface area contributed by atoms with Crippen molar-refractivity contribution in [2.45, 2.75) is 32.3 Å². The van der Waals surface area contributed by atoms with Gasteiger partial charge < -0.3 is 15.5 Å². The molecule has 5 nitrogen and oxygen atoms in total. The number of nitrogens with zero attached hydrogens (tertiary/aromatic N) is 1. The average molecular weight is 288 g/mol. The van der Waals surface area contributed by atoms with Gasteiger partial charge >= 0.3 is 5.97 Å². The molecule has 1 unspecified atom stereocenters. The summed E-state index contributed by atoms with van der Waals surface area (Å²) in [5.74, 6) is -1.25.